The molecule has 1 rings (SSSR count). The van der Waals surface area contributed by atoms with E-state index in [4.69, 9.17) is 12.8 Å². The first kappa shape index (κ1) is 8.21. The molecule has 0 saturated carbocycles. The van der Waals surface area contributed by atoms with Crippen molar-refractivity contribution >= 4 is 21.0 Å². The molecule has 11 heavy (non-hydrogen) atoms. The molecule has 0 aliphatic carbocycles. The topological polar surface area (TPSA) is 18.5 Å². The number of methoxy groups -OCH3 is 1. The van der Waals surface area contributed by atoms with Crippen LogP contribution in [0.1, 0.15) is 0 Å². The molecule has 0 bridgehead atoms. The van der Waals surface area contributed by atoms with Gasteiger partial charge in [-0.25, -0.2) is 0 Å². The van der Waals surface area contributed by atoms with Crippen molar-refractivity contribution in [2.45, 2.75) is 0 Å². The first-order chi connectivity index (χ1) is 5.36. The Hall–Kier alpha value is -0.890. The third-order valence-electron chi connectivity index (χ3n) is 1.32. The molecule has 2 nitrogen and oxygen atoms in total. The van der Waals surface area contributed by atoms with Gasteiger partial charge in [-0.2, -0.15) is 0 Å². The van der Waals surface area contributed by atoms with Gasteiger partial charge in [0.1, 0.15) is 5.75 Å². The van der Waals surface area contributed by atoms with E-state index in [1.165, 1.54) is 7.48 Å². The Morgan fingerprint density at radius 2 is 1.91 bits per heavy atom. The van der Waals surface area contributed by atoms with Gasteiger partial charge in [-0.05, 0) is 12.1 Å². The van der Waals surface area contributed by atoms with E-state index in [1.54, 1.807) is 7.11 Å². The highest BCUT2D eigenvalue weighted by atomic mass is 16.5. The van der Waals surface area contributed by atoms with Gasteiger partial charge in [-0.15, -0.1) is 0 Å². The van der Waals surface area contributed by atoms with Gasteiger partial charge in [-0.1, -0.05) is 17.6 Å². The van der Waals surface area contributed by atoms with E-state index in [1.807, 2.05) is 24.3 Å². The van der Waals surface area contributed by atoms with Crippen LogP contribution in [-0.2, 0) is 4.57 Å². The van der Waals surface area contributed by atoms with Crippen molar-refractivity contribution < 1.29 is 9.31 Å². The monoisotopic (exact) mass is 145 g/mol. The van der Waals surface area contributed by atoms with Crippen LogP contribution >= 0.6 is 0 Å². The molecule has 53 valence electrons. The lowest BCUT2D eigenvalue weighted by Gasteiger charge is -2.00. The maximum atomic E-state index is 4.96. The molecule has 0 aliphatic heterocycles. The van der Waals surface area contributed by atoms with Crippen LogP contribution in [0, 0.1) is 0 Å². The Morgan fingerprint density at radius 3 is 2.36 bits per heavy atom. The molecule has 3 radical (unpaired) electrons. The number of rotatable bonds is 3. The van der Waals surface area contributed by atoms with E-state index in [0.717, 1.165) is 11.2 Å². The van der Waals surface area contributed by atoms with Crippen molar-refractivity contribution in [2.24, 2.45) is 0 Å². The average Bonchev–Trinajstić information content (AvgIpc) is 2.07. The van der Waals surface area contributed by atoms with Crippen LogP contribution in [0.5, 0.6) is 5.75 Å². The van der Waals surface area contributed by atoms with Gasteiger partial charge < -0.3 is 9.31 Å². The van der Waals surface area contributed by atoms with E-state index >= 15 is 0 Å². The second-order valence-electron chi connectivity index (χ2n) is 2.03. The van der Waals surface area contributed by atoms with Crippen LogP contribution < -0.4 is 10.2 Å². The lowest BCUT2D eigenvalue weighted by molar-refractivity contribution is 0.415. The van der Waals surface area contributed by atoms with Crippen LogP contribution in [0.4, 0.5) is 0 Å². The van der Waals surface area contributed by atoms with E-state index in [0.29, 0.717) is 0 Å². The van der Waals surface area contributed by atoms with Crippen molar-refractivity contribution in [3.05, 3.63) is 24.3 Å². The van der Waals surface area contributed by atoms with Crippen molar-refractivity contribution in [3.8, 4) is 5.75 Å². The number of hydrogen-bond donors (Lipinski definition) is 0. The quantitative estimate of drug-likeness (QED) is 0.558. The maximum absolute atomic E-state index is 4.96. The van der Waals surface area contributed by atoms with Crippen LogP contribution in [0.3, 0.4) is 0 Å². The zero-order chi connectivity index (χ0) is 8.10. The molecular formula is C7H7B2O2. The molecule has 0 unspecified atom stereocenters. The fourth-order valence-electron chi connectivity index (χ4n) is 0.761. The second kappa shape index (κ2) is 4.09. The second-order valence-corrected chi connectivity index (χ2v) is 2.03. The first-order valence-electron chi connectivity index (χ1n) is 3.19. The van der Waals surface area contributed by atoms with Crippen LogP contribution in [0.25, 0.3) is 0 Å². The minimum atomic E-state index is 0.819. The molecule has 0 N–H and O–H groups in total. The van der Waals surface area contributed by atoms with E-state index in [2.05, 4.69) is 4.57 Å². The number of hydrogen-bond acceptors (Lipinski definition) is 2. The predicted octanol–water partition coefficient (Wildman–Crippen LogP) is 0.0398. The van der Waals surface area contributed by atoms with E-state index in [-0.39, 0.29) is 0 Å². The normalized spacial score (nSPS) is 9.18. The third-order valence-corrected chi connectivity index (χ3v) is 1.32. The molecule has 0 fully saturated rings. The summed E-state index contributed by atoms with van der Waals surface area (Å²) in [5.41, 5.74) is 0.910. The Kier molecular flexibility index (Phi) is 3.05. The Bertz CT molecular complexity index is 210. The maximum Gasteiger partial charge on any atom is 0.312 e. The fourth-order valence-corrected chi connectivity index (χ4v) is 0.761. The largest absolute Gasteiger partial charge is 0.506 e. The van der Waals surface area contributed by atoms with Gasteiger partial charge in [0, 0.05) is 0 Å². The number of benzene rings is 1. The van der Waals surface area contributed by atoms with Gasteiger partial charge in [0.05, 0.1) is 7.11 Å². The van der Waals surface area contributed by atoms with E-state index in [9.17, 15) is 0 Å². The first-order valence-corrected chi connectivity index (χ1v) is 3.19. The summed E-state index contributed by atoms with van der Waals surface area (Å²) in [5.74, 6) is 0.819. The van der Waals surface area contributed by atoms with Crippen LogP contribution in [0.15, 0.2) is 24.3 Å². The van der Waals surface area contributed by atoms with Gasteiger partial charge in [-0.3, -0.25) is 0 Å². The highest BCUT2D eigenvalue weighted by Gasteiger charge is 1.94. The van der Waals surface area contributed by atoms with Gasteiger partial charge >= 0.3 is 7.48 Å². The highest BCUT2D eigenvalue weighted by molar-refractivity contribution is 6.50. The molecule has 0 heterocycles. The minimum absolute atomic E-state index is 0.819. The zero-order valence-corrected chi connectivity index (χ0v) is 6.28. The van der Waals surface area contributed by atoms with Crippen molar-refractivity contribution in [3.63, 3.8) is 0 Å². The van der Waals surface area contributed by atoms with Crippen molar-refractivity contribution in [1.29, 1.82) is 0 Å². The van der Waals surface area contributed by atoms with Gasteiger partial charge in [0.15, 0.2) is 0 Å². The average molecular weight is 145 g/mol. The van der Waals surface area contributed by atoms with Gasteiger partial charge in [0.25, 0.3) is 8.05 Å². The zero-order valence-electron chi connectivity index (χ0n) is 6.28. The SMILES string of the molecule is [B]O[B]c1ccc(OC)cc1. The standard InChI is InChI=1S/C7H7B2O2/c1-10-7-4-2-6(3-5-7)9-11-8/h2-5H,1H3. The lowest BCUT2D eigenvalue weighted by atomic mass is 9.87. The van der Waals surface area contributed by atoms with E-state index < -0.39 is 0 Å². The molecule has 0 aliphatic rings. The smallest absolute Gasteiger partial charge is 0.312 e. The minimum Gasteiger partial charge on any atom is -0.506 e. The summed E-state index contributed by atoms with van der Waals surface area (Å²) in [7, 11) is 7.93. The summed E-state index contributed by atoms with van der Waals surface area (Å²) < 4.78 is 9.30. The molecule has 0 aromatic heterocycles. The van der Waals surface area contributed by atoms with Crippen molar-refractivity contribution in [2.75, 3.05) is 7.11 Å². The Morgan fingerprint density at radius 1 is 1.27 bits per heavy atom. The number of ether oxygens (including phenoxy) is 1. The van der Waals surface area contributed by atoms with Crippen molar-refractivity contribution in [1.82, 2.24) is 0 Å². The lowest BCUT2D eigenvalue weighted by Crippen LogP contribution is -2.15. The molecule has 1 aromatic rings. The van der Waals surface area contributed by atoms with Gasteiger partial charge in [0.2, 0.25) is 0 Å². The molecule has 0 spiro atoms. The summed E-state index contributed by atoms with van der Waals surface area (Å²) >= 11 is 0. The third kappa shape index (κ3) is 2.31. The summed E-state index contributed by atoms with van der Waals surface area (Å²) in [6.45, 7) is 0. The molecule has 1 aromatic carbocycles. The summed E-state index contributed by atoms with van der Waals surface area (Å²) in [4.78, 5) is 0. The Balaban J connectivity index is 2.66. The molecule has 0 saturated heterocycles. The molecule has 0 amide bonds. The molecule has 4 heteroatoms. The summed E-state index contributed by atoms with van der Waals surface area (Å²) in [6.07, 6.45) is 0. The summed E-state index contributed by atoms with van der Waals surface area (Å²) in [6, 6.07) is 7.38. The fraction of sp³-hybridized carbons (Fsp3) is 0.143. The summed E-state index contributed by atoms with van der Waals surface area (Å²) in [5, 5.41) is 0. The predicted molar refractivity (Wildman–Crippen MR) is 45.2 cm³/mol. The molecular weight excluding hydrogens is 138 g/mol. The highest BCUT2D eigenvalue weighted by Crippen LogP contribution is 2.04. The Labute approximate surface area is 68.2 Å². The van der Waals surface area contributed by atoms with Crippen LogP contribution in [0.2, 0.25) is 0 Å². The van der Waals surface area contributed by atoms with Crippen LogP contribution in [-0.4, -0.2) is 22.6 Å². The molecule has 0 atom stereocenters.